The van der Waals surface area contributed by atoms with E-state index >= 15 is 0 Å². The topological polar surface area (TPSA) is 18.5 Å². The van der Waals surface area contributed by atoms with E-state index in [1.165, 1.54) is 0 Å². The molecule has 0 heterocycles. The molecule has 3 heteroatoms. The molecule has 0 aliphatic carbocycles. The van der Waals surface area contributed by atoms with E-state index in [-0.39, 0.29) is 0 Å². The summed E-state index contributed by atoms with van der Waals surface area (Å²) in [4.78, 5) is 0. The van der Waals surface area contributed by atoms with Crippen molar-refractivity contribution in [2.24, 2.45) is 5.92 Å². The Morgan fingerprint density at radius 1 is 1.20 bits per heavy atom. The first-order valence-corrected chi connectivity index (χ1v) is 8.94. The summed E-state index contributed by atoms with van der Waals surface area (Å²) in [7, 11) is 3.51. The minimum absolute atomic E-state index is 0.685. The molecule has 0 unspecified atom stereocenters. The van der Waals surface area contributed by atoms with Crippen molar-refractivity contribution >= 4 is 13.9 Å². The van der Waals surface area contributed by atoms with E-state index in [9.17, 15) is 0 Å². The van der Waals surface area contributed by atoms with Crippen molar-refractivity contribution in [2.75, 3.05) is 14.2 Å². The first kappa shape index (κ1) is 10.5. The van der Waals surface area contributed by atoms with Crippen LogP contribution >= 0.6 is 0 Å². The van der Waals surface area contributed by atoms with Crippen molar-refractivity contribution in [3.8, 4) is 0 Å². The van der Waals surface area contributed by atoms with Gasteiger partial charge >= 0.3 is 66.5 Å². The van der Waals surface area contributed by atoms with Crippen LogP contribution in [0.5, 0.6) is 0 Å². The van der Waals surface area contributed by atoms with Crippen molar-refractivity contribution < 1.29 is 7.53 Å². The zero-order valence-corrected chi connectivity index (χ0v) is 9.70. The van der Waals surface area contributed by atoms with Crippen LogP contribution in [0.1, 0.15) is 13.8 Å². The Hall–Kier alpha value is 0.463. The van der Waals surface area contributed by atoms with Gasteiger partial charge < -0.3 is 0 Å². The monoisotopic (exact) mass is 208 g/mol. The molecule has 0 aliphatic heterocycles. The summed E-state index contributed by atoms with van der Waals surface area (Å²) in [6, 6.07) is 0. The summed E-state index contributed by atoms with van der Waals surface area (Å²) >= 11 is -2.24. The standard InChI is InChI=1S/C7H18GeO2/c1-7(2)6-8(3,9-4)10-5/h7H,6H2,1-5H3. The summed E-state index contributed by atoms with van der Waals surface area (Å²) in [5.41, 5.74) is 0. The van der Waals surface area contributed by atoms with Crippen molar-refractivity contribution in [3.05, 3.63) is 0 Å². The number of hydrogen-bond acceptors (Lipinski definition) is 2. The molecule has 0 amide bonds. The van der Waals surface area contributed by atoms with Crippen molar-refractivity contribution in [1.82, 2.24) is 0 Å². The van der Waals surface area contributed by atoms with E-state index in [1.807, 2.05) is 0 Å². The van der Waals surface area contributed by atoms with E-state index in [4.69, 9.17) is 7.53 Å². The van der Waals surface area contributed by atoms with Gasteiger partial charge in [0.05, 0.1) is 0 Å². The molecule has 0 aromatic rings. The fourth-order valence-corrected chi connectivity index (χ4v) is 5.15. The molecule has 2 nitrogen and oxygen atoms in total. The van der Waals surface area contributed by atoms with Crippen molar-refractivity contribution in [1.29, 1.82) is 0 Å². The number of hydrogen-bond donors (Lipinski definition) is 0. The van der Waals surface area contributed by atoms with Crippen LogP contribution in [0.4, 0.5) is 0 Å². The maximum absolute atomic E-state index is 5.36. The van der Waals surface area contributed by atoms with E-state index in [0.717, 1.165) is 5.25 Å². The second-order valence-electron chi connectivity index (χ2n) is 3.14. The third-order valence-corrected chi connectivity index (χ3v) is 8.54. The van der Waals surface area contributed by atoms with Crippen LogP contribution in [0, 0.1) is 5.92 Å². The maximum atomic E-state index is 5.36. The molecule has 0 N–H and O–H groups in total. The van der Waals surface area contributed by atoms with Gasteiger partial charge in [0.1, 0.15) is 0 Å². The second kappa shape index (κ2) is 4.36. The van der Waals surface area contributed by atoms with Crippen LogP contribution in [-0.2, 0) is 7.53 Å². The molecule has 0 aliphatic rings. The van der Waals surface area contributed by atoms with Crippen LogP contribution in [0.15, 0.2) is 0 Å². The van der Waals surface area contributed by atoms with Crippen molar-refractivity contribution in [2.45, 2.75) is 24.9 Å². The Morgan fingerprint density at radius 3 is 1.70 bits per heavy atom. The summed E-state index contributed by atoms with van der Waals surface area (Å²) in [5, 5.41) is 1.12. The quantitative estimate of drug-likeness (QED) is 0.656. The molecule has 0 fully saturated rings. The Morgan fingerprint density at radius 2 is 1.60 bits per heavy atom. The molecule has 0 aromatic carbocycles. The van der Waals surface area contributed by atoms with Gasteiger partial charge in [0.2, 0.25) is 0 Å². The predicted molar refractivity (Wildman–Crippen MR) is 45.3 cm³/mol. The number of rotatable bonds is 4. The first-order valence-electron chi connectivity index (χ1n) is 3.64. The molecule has 0 atom stereocenters. The molecule has 0 radical (unpaired) electrons. The predicted octanol–water partition coefficient (Wildman–Crippen LogP) is 2.01. The van der Waals surface area contributed by atoms with Gasteiger partial charge in [-0.15, -0.1) is 0 Å². The van der Waals surface area contributed by atoms with Crippen molar-refractivity contribution in [3.63, 3.8) is 0 Å². The molecule has 62 valence electrons. The third-order valence-electron chi connectivity index (χ3n) is 1.64. The SMILES string of the molecule is C[O][Ge]([CH3])([CH2]C(C)C)[O]C. The van der Waals surface area contributed by atoms with Gasteiger partial charge in [-0.25, -0.2) is 0 Å². The summed E-state index contributed by atoms with van der Waals surface area (Å²) in [5.74, 6) is 2.82. The molecule has 10 heavy (non-hydrogen) atoms. The van der Waals surface area contributed by atoms with Gasteiger partial charge in [0.25, 0.3) is 0 Å². The average molecular weight is 207 g/mol. The van der Waals surface area contributed by atoms with Gasteiger partial charge in [-0.2, -0.15) is 0 Å². The van der Waals surface area contributed by atoms with Crippen LogP contribution in [0.3, 0.4) is 0 Å². The summed E-state index contributed by atoms with van der Waals surface area (Å²) in [6.45, 7) is 4.39. The zero-order valence-electron chi connectivity index (χ0n) is 7.60. The van der Waals surface area contributed by atoms with E-state index in [0.29, 0.717) is 5.92 Å². The molecule has 0 spiro atoms. The van der Waals surface area contributed by atoms with Gasteiger partial charge in [-0.1, -0.05) is 0 Å². The Bertz CT molecular complexity index is 89.6. The Labute approximate surface area is 66.9 Å². The normalized spacial score (nSPS) is 12.6. The Kier molecular flexibility index (Phi) is 4.57. The average Bonchev–Trinajstić information content (AvgIpc) is 1.87. The van der Waals surface area contributed by atoms with Crippen LogP contribution in [0.2, 0.25) is 11.0 Å². The Balaban J connectivity index is 3.80. The van der Waals surface area contributed by atoms with Gasteiger partial charge in [0, 0.05) is 0 Å². The second-order valence-corrected chi connectivity index (χ2v) is 10.5. The van der Waals surface area contributed by atoms with Crippen LogP contribution in [-0.4, -0.2) is 28.2 Å². The van der Waals surface area contributed by atoms with Gasteiger partial charge in [-0.3, -0.25) is 0 Å². The summed E-state index contributed by atoms with van der Waals surface area (Å²) in [6.07, 6.45) is 0. The fraction of sp³-hybridized carbons (Fsp3) is 1.00. The van der Waals surface area contributed by atoms with Crippen LogP contribution in [0.25, 0.3) is 0 Å². The molecular formula is C7H18GeO2. The van der Waals surface area contributed by atoms with Crippen LogP contribution < -0.4 is 0 Å². The van der Waals surface area contributed by atoms with E-state index in [2.05, 4.69) is 19.6 Å². The fourth-order valence-electron chi connectivity index (χ4n) is 0.992. The molecule has 0 saturated heterocycles. The van der Waals surface area contributed by atoms with E-state index < -0.39 is 13.9 Å². The first-order chi connectivity index (χ1) is 4.54. The van der Waals surface area contributed by atoms with Gasteiger partial charge in [0.15, 0.2) is 0 Å². The zero-order chi connectivity index (χ0) is 8.20. The minimum atomic E-state index is -2.24. The molecular weight excluding hydrogens is 189 g/mol. The molecule has 0 rings (SSSR count). The molecule has 0 aromatic heterocycles. The van der Waals surface area contributed by atoms with E-state index in [1.54, 1.807) is 14.2 Å². The third kappa shape index (κ3) is 3.59. The van der Waals surface area contributed by atoms with Gasteiger partial charge in [-0.05, 0) is 0 Å². The molecule has 0 saturated carbocycles. The summed E-state index contributed by atoms with van der Waals surface area (Å²) < 4.78 is 10.7. The molecule has 0 bridgehead atoms.